The smallest absolute Gasteiger partial charge is 0.335 e. The molecule has 0 aliphatic carbocycles. The van der Waals surface area contributed by atoms with Crippen molar-refractivity contribution in [2.45, 2.75) is 26.4 Å². The molecule has 0 saturated carbocycles. The van der Waals surface area contributed by atoms with Gasteiger partial charge in [-0.05, 0) is 66.4 Å². The van der Waals surface area contributed by atoms with Gasteiger partial charge < -0.3 is 15.2 Å². The fourth-order valence-electron chi connectivity index (χ4n) is 3.83. The number of aromatic nitrogens is 1. The van der Waals surface area contributed by atoms with E-state index in [0.717, 1.165) is 44.6 Å². The maximum atomic E-state index is 11.7. The predicted molar refractivity (Wildman–Crippen MR) is 127 cm³/mol. The van der Waals surface area contributed by atoms with Crippen LogP contribution in [0, 0.1) is 6.92 Å². The van der Waals surface area contributed by atoms with Gasteiger partial charge in [-0.15, -0.1) is 0 Å². The molecule has 0 bridgehead atoms. The number of carboxylic acids is 1. The second kappa shape index (κ2) is 9.20. The lowest BCUT2D eigenvalue weighted by Crippen LogP contribution is -2.19. The summed E-state index contributed by atoms with van der Waals surface area (Å²) in [5.41, 5.74) is 5.81. The number of carboxylic acid groups (broad SMARTS) is 1. The van der Waals surface area contributed by atoms with Gasteiger partial charge in [0.1, 0.15) is 5.75 Å². The average molecular weight is 427 g/mol. The number of aromatic carboxylic acids is 1. The number of hydrogen-bond donors (Lipinski definition) is 2. The third-order valence-corrected chi connectivity index (χ3v) is 5.71. The van der Waals surface area contributed by atoms with E-state index >= 15 is 0 Å². The first-order chi connectivity index (χ1) is 15.5. The van der Waals surface area contributed by atoms with Crippen molar-refractivity contribution in [3.05, 3.63) is 95.2 Å². The molecule has 162 valence electrons. The van der Waals surface area contributed by atoms with E-state index < -0.39 is 5.97 Å². The number of ether oxygens (including phenoxy) is 1. The Bertz CT molecular complexity index is 1280. The Morgan fingerprint density at radius 3 is 2.66 bits per heavy atom. The van der Waals surface area contributed by atoms with E-state index in [1.165, 1.54) is 0 Å². The van der Waals surface area contributed by atoms with Crippen molar-refractivity contribution in [3.8, 4) is 16.9 Å². The molecule has 3 aromatic carbocycles. The summed E-state index contributed by atoms with van der Waals surface area (Å²) in [7, 11) is 1.66. The quantitative estimate of drug-likeness (QED) is 0.393. The molecule has 1 heterocycles. The summed E-state index contributed by atoms with van der Waals surface area (Å²) in [6.45, 7) is 4.57. The number of para-hydroxylation sites is 1. The summed E-state index contributed by atoms with van der Waals surface area (Å²) >= 11 is 0. The Morgan fingerprint density at radius 1 is 1.06 bits per heavy atom. The number of hydrogen-bond acceptors (Lipinski definition) is 4. The maximum Gasteiger partial charge on any atom is 0.335 e. The Hall–Kier alpha value is -3.70. The van der Waals surface area contributed by atoms with Crippen molar-refractivity contribution in [1.29, 1.82) is 0 Å². The number of nitrogens with zero attached hydrogens (tertiary/aromatic N) is 1. The van der Waals surface area contributed by atoms with Crippen LogP contribution in [0.4, 0.5) is 0 Å². The monoisotopic (exact) mass is 426 g/mol. The fourth-order valence-corrected chi connectivity index (χ4v) is 3.83. The molecule has 1 aromatic heterocycles. The molecule has 4 rings (SSSR count). The minimum atomic E-state index is -0.920. The third kappa shape index (κ3) is 4.48. The summed E-state index contributed by atoms with van der Waals surface area (Å²) < 4.78 is 5.31. The van der Waals surface area contributed by atoms with Gasteiger partial charge in [-0.25, -0.2) is 4.79 Å². The SMILES string of the molecule is COc1cccc(CNC(C)c2cc(-c3ccc(C)c(C(=O)O)c3)c3ccccc3n2)c1. The van der Waals surface area contributed by atoms with E-state index in [1.807, 2.05) is 61.5 Å². The summed E-state index contributed by atoms with van der Waals surface area (Å²) in [6.07, 6.45) is 0. The van der Waals surface area contributed by atoms with Crippen LogP contribution in [0.1, 0.15) is 40.1 Å². The highest BCUT2D eigenvalue weighted by atomic mass is 16.5. The van der Waals surface area contributed by atoms with Gasteiger partial charge in [0.2, 0.25) is 0 Å². The lowest BCUT2D eigenvalue weighted by Gasteiger charge is -2.17. The molecule has 4 aromatic rings. The molecule has 0 aliphatic heterocycles. The summed E-state index contributed by atoms with van der Waals surface area (Å²) in [6, 6.07) is 23.6. The molecule has 2 N–H and O–H groups in total. The predicted octanol–water partition coefficient (Wildman–Crippen LogP) is 5.77. The molecule has 1 atom stereocenters. The number of aryl methyl sites for hydroxylation is 1. The second-order valence-electron chi connectivity index (χ2n) is 7.90. The van der Waals surface area contributed by atoms with Gasteiger partial charge in [0.05, 0.1) is 23.9 Å². The Balaban J connectivity index is 1.70. The second-order valence-corrected chi connectivity index (χ2v) is 7.90. The zero-order chi connectivity index (χ0) is 22.7. The van der Waals surface area contributed by atoms with Crippen molar-refractivity contribution in [2.75, 3.05) is 7.11 Å². The normalized spacial score (nSPS) is 12.0. The minimum Gasteiger partial charge on any atom is -0.497 e. The Labute approximate surface area is 187 Å². The van der Waals surface area contributed by atoms with Crippen LogP contribution >= 0.6 is 0 Å². The number of methoxy groups -OCH3 is 1. The van der Waals surface area contributed by atoms with Gasteiger partial charge in [0.25, 0.3) is 0 Å². The van der Waals surface area contributed by atoms with Gasteiger partial charge in [0, 0.05) is 18.0 Å². The van der Waals surface area contributed by atoms with Crippen LogP contribution in [-0.4, -0.2) is 23.2 Å². The highest BCUT2D eigenvalue weighted by Crippen LogP contribution is 2.31. The van der Waals surface area contributed by atoms with Crippen LogP contribution in [0.3, 0.4) is 0 Å². The molecule has 0 fully saturated rings. The fraction of sp³-hybridized carbons (Fsp3) is 0.185. The first kappa shape index (κ1) is 21.5. The van der Waals surface area contributed by atoms with Crippen molar-refractivity contribution < 1.29 is 14.6 Å². The Morgan fingerprint density at radius 2 is 1.88 bits per heavy atom. The van der Waals surface area contributed by atoms with Crippen molar-refractivity contribution in [3.63, 3.8) is 0 Å². The lowest BCUT2D eigenvalue weighted by molar-refractivity contribution is 0.0696. The van der Waals surface area contributed by atoms with E-state index in [0.29, 0.717) is 12.1 Å². The first-order valence-corrected chi connectivity index (χ1v) is 10.6. The summed E-state index contributed by atoms with van der Waals surface area (Å²) in [4.78, 5) is 16.6. The van der Waals surface area contributed by atoms with Crippen molar-refractivity contribution in [2.24, 2.45) is 0 Å². The number of benzene rings is 3. The van der Waals surface area contributed by atoms with Crippen LogP contribution in [0.25, 0.3) is 22.0 Å². The summed E-state index contributed by atoms with van der Waals surface area (Å²) in [5, 5.41) is 14.1. The van der Waals surface area contributed by atoms with E-state index in [4.69, 9.17) is 9.72 Å². The number of carbonyl (C=O) groups is 1. The number of fused-ring (bicyclic) bond motifs is 1. The van der Waals surface area contributed by atoms with Gasteiger partial charge in [0.15, 0.2) is 0 Å². The van der Waals surface area contributed by atoms with E-state index in [-0.39, 0.29) is 6.04 Å². The van der Waals surface area contributed by atoms with E-state index in [9.17, 15) is 9.90 Å². The molecular weight excluding hydrogens is 400 g/mol. The van der Waals surface area contributed by atoms with E-state index in [1.54, 1.807) is 13.2 Å². The standard InChI is InChI=1S/C27H26N2O3/c1-17-11-12-20(14-23(17)27(30)31)24-15-26(29-25-10-5-4-9-22(24)25)18(2)28-16-19-7-6-8-21(13-19)32-3/h4-15,18,28H,16H2,1-3H3,(H,30,31). The molecular formula is C27H26N2O3. The molecule has 0 aliphatic rings. The van der Waals surface area contributed by atoms with Gasteiger partial charge in [-0.3, -0.25) is 4.98 Å². The molecule has 5 nitrogen and oxygen atoms in total. The molecule has 0 radical (unpaired) electrons. The van der Waals surface area contributed by atoms with Crippen LogP contribution in [0.5, 0.6) is 5.75 Å². The molecule has 0 spiro atoms. The lowest BCUT2D eigenvalue weighted by atomic mass is 9.95. The summed E-state index contributed by atoms with van der Waals surface area (Å²) in [5.74, 6) is -0.0899. The van der Waals surface area contributed by atoms with Gasteiger partial charge in [-0.1, -0.05) is 42.5 Å². The molecule has 32 heavy (non-hydrogen) atoms. The number of nitrogens with one attached hydrogen (secondary N) is 1. The van der Waals surface area contributed by atoms with Crippen LogP contribution in [-0.2, 0) is 6.54 Å². The first-order valence-electron chi connectivity index (χ1n) is 10.6. The van der Waals surface area contributed by atoms with Crippen molar-refractivity contribution in [1.82, 2.24) is 10.3 Å². The maximum absolute atomic E-state index is 11.7. The zero-order valence-electron chi connectivity index (χ0n) is 18.4. The Kier molecular flexibility index (Phi) is 6.19. The third-order valence-electron chi connectivity index (χ3n) is 5.71. The molecule has 0 amide bonds. The zero-order valence-corrected chi connectivity index (χ0v) is 18.4. The van der Waals surface area contributed by atoms with Crippen LogP contribution in [0.15, 0.2) is 72.8 Å². The van der Waals surface area contributed by atoms with Crippen LogP contribution < -0.4 is 10.1 Å². The molecule has 0 saturated heterocycles. The molecule has 1 unspecified atom stereocenters. The van der Waals surface area contributed by atoms with E-state index in [2.05, 4.69) is 24.4 Å². The topological polar surface area (TPSA) is 71.5 Å². The van der Waals surface area contributed by atoms with Gasteiger partial charge >= 0.3 is 5.97 Å². The van der Waals surface area contributed by atoms with Crippen LogP contribution in [0.2, 0.25) is 0 Å². The van der Waals surface area contributed by atoms with Crippen molar-refractivity contribution >= 4 is 16.9 Å². The highest BCUT2D eigenvalue weighted by molar-refractivity contribution is 5.97. The van der Waals surface area contributed by atoms with Gasteiger partial charge in [-0.2, -0.15) is 0 Å². The minimum absolute atomic E-state index is 0.00560. The number of pyridine rings is 1. The highest BCUT2D eigenvalue weighted by Gasteiger charge is 2.15. The average Bonchev–Trinajstić information content (AvgIpc) is 2.82. The molecule has 5 heteroatoms. The largest absolute Gasteiger partial charge is 0.497 e. The number of rotatable bonds is 7.